The maximum absolute atomic E-state index is 4.14. The van der Waals surface area contributed by atoms with E-state index in [-0.39, 0.29) is 0 Å². The Morgan fingerprint density at radius 3 is 2.10 bits per heavy atom. The van der Waals surface area contributed by atoms with Crippen LogP contribution in [0.4, 0.5) is 0 Å². The Morgan fingerprint density at radius 1 is 0.950 bits per heavy atom. The van der Waals surface area contributed by atoms with Crippen LogP contribution < -0.4 is 5.32 Å². The van der Waals surface area contributed by atoms with Gasteiger partial charge in [0.25, 0.3) is 0 Å². The first kappa shape index (κ1) is 14.9. The van der Waals surface area contributed by atoms with Gasteiger partial charge in [-0.15, -0.1) is 0 Å². The monoisotopic (exact) mass is 277 g/mol. The van der Waals surface area contributed by atoms with Crippen molar-refractivity contribution in [1.82, 2.24) is 5.32 Å². The van der Waals surface area contributed by atoms with Crippen LogP contribution in [0.1, 0.15) is 79.6 Å². The van der Waals surface area contributed by atoms with E-state index in [9.17, 15) is 0 Å². The van der Waals surface area contributed by atoms with Gasteiger partial charge in [0.05, 0.1) is 0 Å². The molecular weight excluding hydrogens is 242 g/mol. The zero-order valence-electron chi connectivity index (χ0n) is 14.3. The van der Waals surface area contributed by atoms with Crippen LogP contribution in [0, 0.1) is 28.6 Å². The molecule has 3 rings (SSSR count). The first-order valence-corrected chi connectivity index (χ1v) is 9.09. The molecule has 3 aliphatic carbocycles. The van der Waals surface area contributed by atoms with Crippen LogP contribution in [-0.2, 0) is 0 Å². The van der Waals surface area contributed by atoms with E-state index in [0.717, 1.165) is 29.8 Å². The topological polar surface area (TPSA) is 12.0 Å². The molecule has 2 bridgehead atoms. The van der Waals surface area contributed by atoms with Gasteiger partial charge < -0.3 is 5.32 Å². The molecule has 0 saturated heterocycles. The van der Waals surface area contributed by atoms with Gasteiger partial charge in [-0.05, 0) is 73.5 Å². The van der Waals surface area contributed by atoms with Crippen LogP contribution in [-0.4, -0.2) is 12.1 Å². The first-order valence-electron chi connectivity index (χ1n) is 9.09. The maximum Gasteiger partial charge on any atom is 0.0177 e. The lowest BCUT2D eigenvalue weighted by atomic mass is 9.67. The molecule has 0 amide bonds. The zero-order valence-corrected chi connectivity index (χ0v) is 14.3. The summed E-state index contributed by atoms with van der Waals surface area (Å²) < 4.78 is 0. The number of hydrogen-bond acceptors (Lipinski definition) is 1. The molecule has 0 aromatic carbocycles. The largest absolute Gasteiger partial charge is 0.310 e. The van der Waals surface area contributed by atoms with E-state index >= 15 is 0 Å². The molecule has 0 aliphatic heterocycles. The van der Waals surface area contributed by atoms with Crippen molar-refractivity contribution in [3.8, 4) is 0 Å². The number of hydrogen-bond donors (Lipinski definition) is 1. The molecule has 3 fully saturated rings. The molecule has 116 valence electrons. The fourth-order valence-corrected chi connectivity index (χ4v) is 5.91. The minimum atomic E-state index is 0.516. The van der Waals surface area contributed by atoms with Gasteiger partial charge in [0, 0.05) is 12.1 Å². The third-order valence-corrected chi connectivity index (χ3v) is 7.39. The summed E-state index contributed by atoms with van der Waals surface area (Å²) in [6.45, 7) is 12.4. The van der Waals surface area contributed by atoms with E-state index in [1.165, 1.54) is 44.9 Å². The fourth-order valence-electron chi connectivity index (χ4n) is 5.91. The van der Waals surface area contributed by atoms with Crippen molar-refractivity contribution in [3.63, 3.8) is 0 Å². The van der Waals surface area contributed by atoms with Crippen molar-refractivity contribution in [2.45, 2.75) is 91.6 Å². The van der Waals surface area contributed by atoms with Crippen LogP contribution >= 0.6 is 0 Å². The average Bonchev–Trinajstić information content (AvgIpc) is 2.86. The highest BCUT2D eigenvalue weighted by molar-refractivity contribution is 5.12. The number of nitrogens with one attached hydrogen (secondary N) is 1. The van der Waals surface area contributed by atoms with Crippen LogP contribution in [0.3, 0.4) is 0 Å². The zero-order chi connectivity index (χ0) is 14.5. The van der Waals surface area contributed by atoms with Gasteiger partial charge in [0.2, 0.25) is 0 Å². The maximum atomic E-state index is 4.14. The Hall–Kier alpha value is -0.0400. The quantitative estimate of drug-likeness (QED) is 0.765. The first-order chi connectivity index (χ1) is 9.33. The van der Waals surface area contributed by atoms with Gasteiger partial charge in [-0.25, -0.2) is 0 Å². The Bertz CT molecular complexity index is 346. The van der Waals surface area contributed by atoms with Crippen molar-refractivity contribution in [2.75, 3.05) is 0 Å². The second-order valence-corrected chi connectivity index (χ2v) is 9.37. The standard InChI is InChI=1S/C19H35N/c1-13(2)14-6-8-16(9-7-14)20-17-18(3,4)15-10-11-19(17,5)12-15/h13-17,20H,6-12H2,1-5H3. The van der Waals surface area contributed by atoms with Gasteiger partial charge in [-0.3, -0.25) is 0 Å². The molecule has 1 N–H and O–H groups in total. The minimum absolute atomic E-state index is 0.516. The molecule has 3 atom stereocenters. The molecular formula is C19H35N. The van der Waals surface area contributed by atoms with Gasteiger partial charge in [0.15, 0.2) is 0 Å². The number of rotatable bonds is 3. The molecule has 0 heterocycles. The molecule has 3 saturated carbocycles. The Labute approximate surface area is 126 Å². The predicted octanol–water partition coefficient (Wildman–Crippen LogP) is 5.01. The van der Waals surface area contributed by atoms with Crippen LogP contribution in [0.2, 0.25) is 0 Å². The van der Waals surface area contributed by atoms with Crippen LogP contribution in [0.5, 0.6) is 0 Å². The number of fused-ring (bicyclic) bond motifs is 2. The second-order valence-electron chi connectivity index (χ2n) is 9.37. The molecule has 0 radical (unpaired) electrons. The normalized spacial score (nSPS) is 47.1. The van der Waals surface area contributed by atoms with Crippen LogP contribution in [0.25, 0.3) is 0 Å². The van der Waals surface area contributed by atoms with Gasteiger partial charge >= 0.3 is 0 Å². The summed E-state index contributed by atoms with van der Waals surface area (Å²) in [5.41, 5.74) is 1.10. The Morgan fingerprint density at radius 2 is 1.60 bits per heavy atom. The molecule has 3 unspecified atom stereocenters. The molecule has 0 spiro atoms. The molecule has 1 nitrogen and oxygen atoms in total. The van der Waals surface area contributed by atoms with E-state index in [4.69, 9.17) is 0 Å². The Balaban J connectivity index is 1.61. The lowest BCUT2D eigenvalue weighted by Gasteiger charge is -2.46. The summed E-state index contributed by atoms with van der Waals surface area (Å²) in [4.78, 5) is 0. The van der Waals surface area contributed by atoms with Crippen molar-refractivity contribution >= 4 is 0 Å². The molecule has 20 heavy (non-hydrogen) atoms. The van der Waals surface area contributed by atoms with Crippen molar-refractivity contribution in [2.24, 2.45) is 28.6 Å². The van der Waals surface area contributed by atoms with E-state index in [0.29, 0.717) is 10.8 Å². The van der Waals surface area contributed by atoms with Gasteiger partial charge in [-0.1, -0.05) is 34.6 Å². The highest BCUT2D eigenvalue weighted by Gasteiger charge is 2.59. The fraction of sp³-hybridized carbons (Fsp3) is 1.00. The van der Waals surface area contributed by atoms with E-state index in [1.54, 1.807) is 0 Å². The van der Waals surface area contributed by atoms with Crippen molar-refractivity contribution in [3.05, 3.63) is 0 Å². The van der Waals surface area contributed by atoms with Gasteiger partial charge in [0.1, 0.15) is 0 Å². The summed E-state index contributed by atoms with van der Waals surface area (Å²) in [7, 11) is 0. The third kappa shape index (κ3) is 2.34. The van der Waals surface area contributed by atoms with Gasteiger partial charge in [-0.2, -0.15) is 0 Å². The molecule has 0 aromatic rings. The summed E-state index contributed by atoms with van der Waals surface area (Å²) in [6, 6.07) is 1.56. The SMILES string of the molecule is CC(C)C1CCC(NC2C3(C)CCC(C3)C2(C)C)CC1. The summed E-state index contributed by atoms with van der Waals surface area (Å²) in [5.74, 6) is 2.83. The summed E-state index contributed by atoms with van der Waals surface area (Å²) in [5, 5.41) is 4.14. The minimum Gasteiger partial charge on any atom is -0.310 e. The van der Waals surface area contributed by atoms with Crippen LogP contribution in [0.15, 0.2) is 0 Å². The van der Waals surface area contributed by atoms with E-state index < -0.39 is 0 Å². The molecule has 3 aliphatic rings. The predicted molar refractivity (Wildman–Crippen MR) is 86.7 cm³/mol. The molecule has 1 heteroatoms. The average molecular weight is 277 g/mol. The van der Waals surface area contributed by atoms with Crippen molar-refractivity contribution in [1.29, 1.82) is 0 Å². The third-order valence-electron chi connectivity index (χ3n) is 7.39. The smallest absolute Gasteiger partial charge is 0.0177 e. The van der Waals surface area contributed by atoms with E-state index in [2.05, 4.69) is 39.9 Å². The Kier molecular flexibility index (Phi) is 3.72. The lowest BCUT2D eigenvalue weighted by molar-refractivity contribution is 0.0868. The second kappa shape index (κ2) is 5.00. The summed E-state index contributed by atoms with van der Waals surface area (Å²) in [6.07, 6.45) is 10.1. The highest BCUT2D eigenvalue weighted by atomic mass is 15.0. The summed E-state index contributed by atoms with van der Waals surface area (Å²) >= 11 is 0. The van der Waals surface area contributed by atoms with E-state index in [1.807, 2.05) is 0 Å². The molecule has 0 aromatic heterocycles. The van der Waals surface area contributed by atoms with Crippen molar-refractivity contribution < 1.29 is 0 Å². The lowest BCUT2D eigenvalue weighted by Crippen LogP contribution is -2.54. The highest BCUT2D eigenvalue weighted by Crippen LogP contribution is 2.62.